The van der Waals surface area contributed by atoms with Crippen LogP contribution in [0.25, 0.3) is 6.08 Å². The molecular formula is C16H19NO4. The molecule has 1 amide bonds. The fraction of sp³-hybridized carbons (Fsp3) is 0.375. The molecule has 0 bridgehead atoms. The first-order chi connectivity index (χ1) is 10.0. The Balaban J connectivity index is 1.99. The van der Waals surface area contributed by atoms with Crippen LogP contribution in [0.15, 0.2) is 30.3 Å². The van der Waals surface area contributed by atoms with Crippen LogP contribution < -0.4 is 5.32 Å². The van der Waals surface area contributed by atoms with Crippen LogP contribution in [0.2, 0.25) is 0 Å². The lowest BCUT2D eigenvalue weighted by molar-refractivity contribution is -0.131. The Morgan fingerprint density at radius 1 is 1.19 bits per heavy atom. The molecule has 1 aliphatic rings. The molecule has 21 heavy (non-hydrogen) atoms. The summed E-state index contributed by atoms with van der Waals surface area (Å²) in [4.78, 5) is 22.7. The standard InChI is InChI=1S/C16H19NO4/c18-14-7-5-13(6-8-14)17-16(21)12-3-1-2-11(10-12)4-9-15(19)20/h1-4,9-10,13-14,18H,5-8H2,(H,17,21)(H,19,20). The maximum Gasteiger partial charge on any atom is 0.328 e. The van der Waals surface area contributed by atoms with Gasteiger partial charge in [0.05, 0.1) is 6.10 Å². The van der Waals surface area contributed by atoms with E-state index in [9.17, 15) is 14.7 Å². The van der Waals surface area contributed by atoms with E-state index in [2.05, 4.69) is 5.32 Å². The lowest BCUT2D eigenvalue weighted by atomic mass is 9.93. The van der Waals surface area contributed by atoms with Crippen LogP contribution in [0.1, 0.15) is 41.6 Å². The molecule has 1 aromatic rings. The van der Waals surface area contributed by atoms with Crippen LogP contribution in [0.5, 0.6) is 0 Å². The highest BCUT2D eigenvalue weighted by Crippen LogP contribution is 2.19. The minimum absolute atomic E-state index is 0.0964. The van der Waals surface area contributed by atoms with Crippen LogP contribution >= 0.6 is 0 Å². The molecule has 0 unspecified atom stereocenters. The monoisotopic (exact) mass is 289 g/mol. The number of aliphatic hydroxyl groups excluding tert-OH is 1. The third-order valence-corrected chi connectivity index (χ3v) is 3.60. The van der Waals surface area contributed by atoms with Gasteiger partial charge in [-0.05, 0) is 49.5 Å². The van der Waals surface area contributed by atoms with Crippen molar-refractivity contribution in [1.29, 1.82) is 0 Å². The number of carboxylic acid groups (broad SMARTS) is 1. The largest absolute Gasteiger partial charge is 0.478 e. The number of aliphatic carboxylic acids is 1. The summed E-state index contributed by atoms with van der Waals surface area (Å²) in [5.74, 6) is -1.19. The summed E-state index contributed by atoms with van der Waals surface area (Å²) >= 11 is 0. The quantitative estimate of drug-likeness (QED) is 0.738. The molecule has 2 rings (SSSR count). The van der Waals surface area contributed by atoms with E-state index in [0.717, 1.165) is 18.9 Å². The number of rotatable bonds is 4. The highest BCUT2D eigenvalue weighted by atomic mass is 16.4. The van der Waals surface area contributed by atoms with Crippen molar-refractivity contribution in [1.82, 2.24) is 5.32 Å². The van der Waals surface area contributed by atoms with E-state index in [1.165, 1.54) is 6.08 Å². The van der Waals surface area contributed by atoms with E-state index in [-0.39, 0.29) is 18.1 Å². The van der Waals surface area contributed by atoms with E-state index >= 15 is 0 Å². The Bertz CT molecular complexity index is 545. The van der Waals surface area contributed by atoms with Crippen molar-refractivity contribution in [2.24, 2.45) is 0 Å². The molecule has 0 saturated heterocycles. The van der Waals surface area contributed by atoms with Gasteiger partial charge in [-0.2, -0.15) is 0 Å². The number of amides is 1. The predicted octanol–water partition coefficient (Wildman–Crippen LogP) is 1.82. The van der Waals surface area contributed by atoms with Crippen molar-refractivity contribution >= 4 is 18.0 Å². The Hall–Kier alpha value is -2.14. The number of hydrogen-bond acceptors (Lipinski definition) is 3. The van der Waals surface area contributed by atoms with E-state index in [1.807, 2.05) is 0 Å². The number of benzene rings is 1. The van der Waals surface area contributed by atoms with Gasteiger partial charge in [0, 0.05) is 17.7 Å². The molecule has 0 radical (unpaired) electrons. The fourth-order valence-corrected chi connectivity index (χ4v) is 2.44. The van der Waals surface area contributed by atoms with E-state index < -0.39 is 5.97 Å². The van der Waals surface area contributed by atoms with Crippen LogP contribution in [-0.2, 0) is 4.79 Å². The molecule has 0 heterocycles. The zero-order valence-electron chi connectivity index (χ0n) is 11.7. The van der Waals surface area contributed by atoms with Gasteiger partial charge in [-0.25, -0.2) is 4.79 Å². The van der Waals surface area contributed by atoms with Gasteiger partial charge in [-0.1, -0.05) is 12.1 Å². The predicted molar refractivity (Wildman–Crippen MR) is 78.8 cm³/mol. The molecule has 0 atom stereocenters. The molecule has 1 saturated carbocycles. The van der Waals surface area contributed by atoms with Gasteiger partial charge < -0.3 is 15.5 Å². The Morgan fingerprint density at radius 3 is 2.57 bits per heavy atom. The SMILES string of the molecule is O=C(O)C=Cc1cccc(C(=O)NC2CCC(O)CC2)c1. The van der Waals surface area contributed by atoms with Crippen molar-refractivity contribution in [3.05, 3.63) is 41.5 Å². The van der Waals surface area contributed by atoms with Crippen molar-refractivity contribution in [2.45, 2.75) is 37.8 Å². The zero-order valence-corrected chi connectivity index (χ0v) is 11.7. The third kappa shape index (κ3) is 4.72. The number of carbonyl (C=O) groups excluding carboxylic acids is 1. The molecule has 3 N–H and O–H groups in total. The molecule has 1 fully saturated rings. The smallest absolute Gasteiger partial charge is 0.328 e. The van der Waals surface area contributed by atoms with Gasteiger partial charge in [-0.3, -0.25) is 4.79 Å². The second kappa shape index (κ2) is 7.04. The average Bonchev–Trinajstić information content (AvgIpc) is 2.48. The summed E-state index contributed by atoms with van der Waals surface area (Å²) in [6, 6.07) is 6.92. The highest BCUT2D eigenvalue weighted by molar-refractivity contribution is 5.95. The molecule has 5 heteroatoms. The van der Waals surface area contributed by atoms with Crippen LogP contribution in [0, 0.1) is 0 Å². The lowest BCUT2D eigenvalue weighted by Crippen LogP contribution is -2.38. The van der Waals surface area contributed by atoms with Gasteiger partial charge in [0.1, 0.15) is 0 Å². The first kappa shape index (κ1) is 15.3. The molecule has 0 spiro atoms. The van der Waals surface area contributed by atoms with Crippen molar-refractivity contribution in [3.63, 3.8) is 0 Å². The van der Waals surface area contributed by atoms with Crippen molar-refractivity contribution in [2.75, 3.05) is 0 Å². The summed E-state index contributed by atoms with van der Waals surface area (Å²) in [7, 11) is 0. The van der Waals surface area contributed by atoms with Crippen LogP contribution in [-0.4, -0.2) is 34.2 Å². The maximum absolute atomic E-state index is 12.2. The lowest BCUT2D eigenvalue weighted by Gasteiger charge is -2.26. The number of carboxylic acids is 1. The number of nitrogens with one attached hydrogen (secondary N) is 1. The number of hydrogen-bond donors (Lipinski definition) is 3. The molecule has 0 aliphatic heterocycles. The maximum atomic E-state index is 12.2. The summed E-state index contributed by atoms with van der Waals surface area (Å²) < 4.78 is 0. The van der Waals surface area contributed by atoms with E-state index in [0.29, 0.717) is 24.0 Å². The Morgan fingerprint density at radius 2 is 1.90 bits per heavy atom. The summed E-state index contributed by atoms with van der Waals surface area (Å²) in [6.07, 6.45) is 5.24. The van der Waals surface area contributed by atoms with Crippen LogP contribution in [0.3, 0.4) is 0 Å². The second-order valence-corrected chi connectivity index (χ2v) is 5.28. The van der Waals surface area contributed by atoms with Gasteiger partial charge >= 0.3 is 5.97 Å². The Kier molecular flexibility index (Phi) is 5.11. The summed E-state index contributed by atoms with van der Waals surface area (Å²) in [5.41, 5.74) is 1.18. The number of aliphatic hydroxyl groups is 1. The summed E-state index contributed by atoms with van der Waals surface area (Å²) in [5, 5.41) is 21.0. The van der Waals surface area contributed by atoms with Crippen LogP contribution in [0.4, 0.5) is 0 Å². The van der Waals surface area contributed by atoms with Gasteiger partial charge in [0.25, 0.3) is 5.91 Å². The first-order valence-electron chi connectivity index (χ1n) is 7.04. The summed E-state index contributed by atoms with van der Waals surface area (Å²) in [6.45, 7) is 0. The third-order valence-electron chi connectivity index (χ3n) is 3.60. The fourth-order valence-electron chi connectivity index (χ4n) is 2.44. The molecular weight excluding hydrogens is 270 g/mol. The topological polar surface area (TPSA) is 86.6 Å². The minimum Gasteiger partial charge on any atom is -0.478 e. The van der Waals surface area contributed by atoms with Gasteiger partial charge in [0.2, 0.25) is 0 Å². The second-order valence-electron chi connectivity index (χ2n) is 5.28. The first-order valence-corrected chi connectivity index (χ1v) is 7.04. The van der Waals surface area contributed by atoms with E-state index in [4.69, 9.17) is 5.11 Å². The minimum atomic E-state index is -1.02. The molecule has 1 aliphatic carbocycles. The molecule has 1 aromatic carbocycles. The zero-order chi connectivity index (χ0) is 15.2. The number of carbonyl (C=O) groups is 2. The van der Waals surface area contributed by atoms with Crippen molar-refractivity contribution in [3.8, 4) is 0 Å². The molecule has 5 nitrogen and oxygen atoms in total. The Labute approximate surface area is 123 Å². The average molecular weight is 289 g/mol. The van der Waals surface area contributed by atoms with Gasteiger partial charge in [0.15, 0.2) is 0 Å². The normalized spacial score (nSPS) is 22.1. The molecule has 0 aromatic heterocycles. The van der Waals surface area contributed by atoms with Gasteiger partial charge in [-0.15, -0.1) is 0 Å². The van der Waals surface area contributed by atoms with Crippen molar-refractivity contribution < 1.29 is 19.8 Å². The highest BCUT2D eigenvalue weighted by Gasteiger charge is 2.21. The van der Waals surface area contributed by atoms with E-state index in [1.54, 1.807) is 24.3 Å². The molecule has 112 valence electrons.